The van der Waals surface area contributed by atoms with Crippen LogP contribution in [0.5, 0.6) is 11.6 Å². The van der Waals surface area contributed by atoms with Crippen molar-refractivity contribution in [3.63, 3.8) is 0 Å². The molecule has 1 aromatic heterocycles. The summed E-state index contributed by atoms with van der Waals surface area (Å²) in [4.78, 5) is 18.7. The van der Waals surface area contributed by atoms with Crippen molar-refractivity contribution in [2.45, 2.75) is 0 Å². The van der Waals surface area contributed by atoms with Crippen molar-refractivity contribution in [3.05, 3.63) is 51.7 Å². The van der Waals surface area contributed by atoms with Crippen LogP contribution < -0.4 is 9.64 Å². The van der Waals surface area contributed by atoms with Crippen LogP contribution in [-0.4, -0.2) is 48.0 Å². The highest BCUT2D eigenvalue weighted by atomic mass is 35.5. The van der Waals surface area contributed by atoms with E-state index in [1.165, 1.54) is 6.07 Å². The van der Waals surface area contributed by atoms with Gasteiger partial charge < -0.3 is 14.5 Å². The molecule has 1 saturated heterocycles. The molecule has 0 spiro atoms. The SMILES string of the molecule is CN1CCN(c2cccc(Oc3ncc([N+](=O)[O-])cc3Cl)c2)CC1. The number of aromatic nitrogens is 1. The molecule has 0 N–H and O–H groups in total. The van der Waals surface area contributed by atoms with Gasteiger partial charge in [0, 0.05) is 44.0 Å². The first-order chi connectivity index (χ1) is 11.5. The number of nitro groups is 1. The minimum absolute atomic E-state index is 0.106. The van der Waals surface area contributed by atoms with E-state index in [2.05, 4.69) is 21.8 Å². The van der Waals surface area contributed by atoms with Crippen LogP contribution >= 0.6 is 11.6 Å². The summed E-state index contributed by atoms with van der Waals surface area (Å²) in [5.41, 5.74) is 0.900. The summed E-state index contributed by atoms with van der Waals surface area (Å²) in [5, 5.41) is 10.8. The van der Waals surface area contributed by atoms with Crippen LogP contribution in [0.1, 0.15) is 0 Å². The second-order valence-corrected chi connectivity index (χ2v) is 6.03. The maximum absolute atomic E-state index is 10.7. The van der Waals surface area contributed by atoms with Gasteiger partial charge in [0.25, 0.3) is 5.69 Å². The van der Waals surface area contributed by atoms with Crippen molar-refractivity contribution in [2.75, 3.05) is 38.1 Å². The second kappa shape index (κ2) is 7.02. The molecule has 0 aliphatic carbocycles. The van der Waals surface area contributed by atoms with Crippen LogP contribution in [0.15, 0.2) is 36.5 Å². The first kappa shape index (κ1) is 16.5. The van der Waals surface area contributed by atoms with Gasteiger partial charge in [0.05, 0.1) is 4.92 Å². The first-order valence-electron chi connectivity index (χ1n) is 7.54. The highest BCUT2D eigenvalue weighted by Gasteiger charge is 2.16. The van der Waals surface area contributed by atoms with Gasteiger partial charge in [0.1, 0.15) is 17.0 Å². The zero-order chi connectivity index (χ0) is 17.1. The quantitative estimate of drug-likeness (QED) is 0.624. The van der Waals surface area contributed by atoms with Crippen molar-refractivity contribution >= 4 is 23.0 Å². The Morgan fingerprint density at radius 3 is 2.67 bits per heavy atom. The maximum atomic E-state index is 10.7. The normalized spacial score (nSPS) is 15.3. The monoisotopic (exact) mass is 348 g/mol. The highest BCUT2D eigenvalue weighted by Crippen LogP contribution is 2.31. The molecule has 0 unspecified atom stereocenters. The lowest BCUT2D eigenvalue weighted by molar-refractivity contribution is -0.385. The molecule has 0 bridgehead atoms. The number of benzene rings is 1. The number of halogens is 1. The molecule has 24 heavy (non-hydrogen) atoms. The van der Waals surface area contributed by atoms with Gasteiger partial charge in [-0.1, -0.05) is 17.7 Å². The van der Waals surface area contributed by atoms with E-state index in [4.69, 9.17) is 16.3 Å². The maximum Gasteiger partial charge on any atom is 0.289 e. The Hall–Kier alpha value is -2.38. The van der Waals surface area contributed by atoms with E-state index in [1.54, 1.807) is 6.07 Å². The van der Waals surface area contributed by atoms with E-state index >= 15 is 0 Å². The van der Waals surface area contributed by atoms with E-state index in [0.29, 0.717) is 5.75 Å². The number of pyridine rings is 1. The molecule has 3 rings (SSSR count). The van der Waals surface area contributed by atoms with Crippen LogP contribution in [-0.2, 0) is 0 Å². The van der Waals surface area contributed by atoms with E-state index < -0.39 is 4.92 Å². The van der Waals surface area contributed by atoms with E-state index in [-0.39, 0.29) is 16.6 Å². The fourth-order valence-corrected chi connectivity index (χ4v) is 2.71. The fourth-order valence-electron chi connectivity index (χ4n) is 2.51. The predicted octanol–water partition coefficient (Wildman–Crippen LogP) is 3.19. The van der Waals surface area contributed by atoms with Gasteiger partial charge >= 0.3 is 0 Å². The summed E-state index contributed by atoms with van der Waals surface area (Å²) >= 11 is 6.02. The largest absolute Gasteiger partial charge is 0.437 e. The number of nitrogens with zero attached hydrogens (tertiary/aromatic N) is 4. The molecule has 1 aliphatic rings. The zero-order valence-electron chi connectivity index (χ0n) is 13.2. The summed E-state index contributed by atoms with van der Waals surface area (Å²) < 4.78 is 5.69. The molecule has 0 radical (unpaired) electrons. The van der Waals surface area contributed by atoms with Gasteiger partial charge in [-0.25, -0.2) is 4.98 Å². The molecule has 1 aromatic carbocycles. The van der Waals surface area contributed by atoms with Gasteiger partial charge in [-0.3, -0.25) is 10.1 Å². The number of ether oxygens (including phenoxy) is 1. The molecule has 7 nitrogen and oxygen atoms in total. The van der Waals surface area contributed by atoms with Crippen molar-refractivity contribution in [1.29, 1.82) is 0 Å². The summed E-state index contributed by atoms with van der Waals surface area (Å²) in [6.45, 7) is 3.94. The van der Waals surface area contributed by atoms with Gasteiger partial charge in [-0.15, -0.1) is 0 Å². The summed E-state index contributed by atoms with van der Waals surface area (Å²) in [7, 11) is 2.11. The predicted molar refractivity (Wildman–Crippen MR) is 92.1 cm³/mol. The highest BCUT2D eigenvalue weighted by molar-refractivity contribution is 6.32. The first-order valence-corrected chi connectivity index (χ1v) is 7.92. The minimum Gasteiger partial charge on any atom is -0.437 e. The Labute approximate surface area is 144 Å². The lowest BCUT2D eigenvalue weighted by Gasteiger charge is -2.34. The summed E-state index contributed by atoms with van der Waals surface area (Å²) in [6.07, 6.45) is 1.13. The van der Waals surface area contributed by atoms with Gasteiger partial charge in [-0.05, 0) is 19.2 Å². The number of likely N-dealkylation sites (N-methyl/N-ethyl adjacent to an activating group) is 1. The summed E-state index contributed by atoms with van der Waals surface area (Å²) in [5.74, 6) is 0.743. The molecule has 126 valence electrons. The number of rotatable bonds is 4. The fraction of sp³-hybridized carbons (Fsp3) is 0.312. The minimum atomic E-state index is -0.545. The molecule has 1 aliphatic heterocycles. The molecule has 0 amide bonds. The Bertz CT molecular complexity index is 748. The van der Waals surface area contributed by atoms with Gasteiger partial charge in [0.2, 0.25) is 5.88 Å². The van der Waals surface area contributed by atoms with E-state index in [0.717, 1.165) is 38.1 Å². The van der Waals surface area contributed by atoms with Crippen molar-refractivity contribution in [3.8, 4) is 11.6 Å². The molecule has 0 saturated carbocycles. The van der Waals surface area contributed by atoms with Crippen LogP contribution in [0.3, 0.4) is 0 Å². The zero-order valence-corrected chi connectivity index (χ0v) is 13.9. The second-order valence-electron chi connectivity index (χ2n) is 5.63. The van der Waals surface area contributed by atoms with E-state index in [1.807, 2.05) is 18.2 Å². The topological polar surface area (TPSA) is 71.7 Å². The van der Waals surface area contributed by atoms with Crippen LogP contribution in [0.4, 0.5) is 11.4 Å². The lowest BCUT2D eigenvalue weighted by atomic mass is 10.2. The van der Waals surface area contributed by atoms with Crippen molar-refractivity contribution in [2.24, 2.45) is 0 Å². The van der Waals surface area contributed by atoms with Crippen molar-refractivity contribution in [1.82, 2.24) is 9.88 Å². The third kappa shape index (κ3) is 3.74. The standard InChI is InChI=1S/C16H17ClN4O3/c1-19-5-7-20(8-6-19)12-3-2-4-14(9-12)24-16-15(17)10-13(11-18-16)21(22)23/h2-4,9-11H,5-8H2,1H3. The average Bonchev–Trinajstić information content (AvgIpc) is 2.57. The summed E-state index contributed by atoms with van der Waals surface area (Å²) in [6, 6.07) is 8.89. The Morgan fingerprint density at radius 1 is 1.25 bits per heavy atom. The number of anilines is 1. The molecule has 2 heterocycles. The van der Waals surface area contributed by atoms with Crippen LogP contribution in [0.2, 0.25) is 5.02 Å². The molecule has 1 fully saturated rings. The van der Waals surface area contributed by atoms with Crippen molar-refractivity contribution < 1.29 is 9.66 Å². The Balaban J connectivity index is 1.76. The number of piperazine rings is 1. The molecule has 8 heteroatoms. The number of hydrogen-bond acceptors (Lipinski definition) is 6. The van der Waals surface area contributed by atoms with Crippen LogP contribution in [0, 0.1) is 10.1 Å². The van der Waals surface area contributed by atoms with Crippen LogP contribution in [0.25, 0.3) is 0 Å². The number of hydrogen-bond donors (Lipinski definition) is 0. The van der Waals surface area contributed by atoms with E-state index in [9.17, 15) is 10.1 Å². The molecule has 2 aromatic rings. The Kier molecular flexibility index (Phi) is 4.82. The lowest BCUT2D eigenvalue weighted by Crippen LogP contribution is -2.44. The molecular weight excluding hydrogens is 332 g/mol. The molecular formula is C16H17ClN4O3. The van der Waals surface area contributed by atoms with Gasteiger partial charge in [0.15, 0.2) is 0 Å². The Morgan fingerprint density at radius 2 is 2.00 bits per heavy atom. The average molecular weight is 349 g/mol. The smallest absolute Gasteiger partial charge is 0.289 e. The van der Waals surface area contributed by atoms with Gasteiger partial charge in [-0.2, -0.15) is 0 Å². The molecule has 0 atom stereocenters. The third-order valence-electron chi connectivity index (χ3n) is 3.90. The third-order valence-corrected chi connectivity index (χ3v) is 4.18.